The Morgan fingerprint density at radius 2 is 1.61 bits per heavy atom. The lowest BCUT2D eigenvalue weighted by atomic mass is 10.2. The number of hydrogen-bond acceptors (Lipinski definition) is 5. The van der Waals surface area contributed by atoms with Gasteiger partial charge in [0, 0.05) is 12.1 Å². The van der Waals surface area contributed by atoms with E-state index in [1.54, 1.807) is 37.4 Å². The molecule has 2 rings (SSSR count). The van der Waals surface area contributed by atoms with E-state index in [4.69, 9.17) is 14.2 Å². The van der Waals surface area contributed by atoms with Crippen LogP contribution < -0.4 is 24.8 Å². The summed E-state index contributed by atoms with van der Waals surface area (Å²) in [6.07, 6.45) is 0. The van der Waals surface area contributed by atoms with E-state index in [9.17, 15) is 9.59 Å². The summed E-state index contributed by atoms with van der Waals surface area (Å²) < 4.78 is 16.1. The molecule has 0 atom stereocenters. The Bertz CT molecular complexity index is 790. The Morgan fingerprint density at radius 1 is 0.893 bits per heavy atom. The number of benzene rings is 2. The van der Waals surface area contributed by atoms with Gasteiger partial charge < -0.3 is 24.8 Å². The van der Waals surface area contributed by atoms with E-state index in [0.29, 0.717) is 42.6 Å². The van der Waals surface area contributed by atoms with E-state index >= 15 is 0 Å². The Morgan fingerprint density at radius 3 is 2.25 bits per heavy atom. The lowest BCUT2D eigenvalue weighted by molar-refractivity contribution is -0.120. The number of methoxy groups -OCH3 is 1. The first-order valence-electron chi connectivity index (χ1n) is 9.14. The largest absolute Gasteiger partial charge is 0.494 e. The number of ether oxygens (including phenoxy) is 3. The average molecular weight is 386 g/mol. The quantitative estimate of drug-likeness (QED) is 0.655. The van der Waals surface area contributed by atoms with Crippen molar-refractivity contribution in [2.75, 3.05) is 26.9 Å². The molecule has 7 heteroatoms. The molecule has 0 aliphatic heterocycles. The van der Waals surface area contributed by atoms with Gasteiger partial charge >= 0.3 is 0 Å². The van der Waals surface area contributed by atoms with Gasteiger partial charge in [0.1, 0.15) is 5.75 Å². The number of nitrogens with one attached hydrogen (secondary N) is 2. The van der Waals surface area contributed by atoms with Crippen molar-refractivity contribution in [1.82, 2.24) is 10.6 Å². The van der Waals surface area contributed by atoms with Crippen LogP contribution >= 0.6 is 0 Å². The van der Waals surface area contributed by atoms with Crippen LogP contribution in [0.3, 0.4) is 0 Å². The molecule has 7 nitrogen and oxygen atoms in total. The first kappa shape index (κ1) is 21.1. The second-order valence-corrected chi connectivity index (χ2v) is 5.84. The van der Waals surface area contributed by atoms with Gasteiger partial charge in [-0.3, -0.25) is 9.59 Å². The third-order valence-electron chi connectivity index (χ3n) is 3.85. The van der Waals surface area contributed by atoms with Crippen LogP contribution in [-0.2, 0) is 11.3 Å². The summed E-state index contributed by atoms with van der Waals surface area (Å²) in [7, 11) is 1.57. The predicted octanol–water partition coefficient (Wildman–Crippen LogP) is 2.54. The molecule has 0 saturated carbocycles. The molecule has 0 fully saturated rings. The smallest absolute Gasteiger partial charge is 0.251 e. The molecule has 0 aliphatic rings. The number of carbonyl (C=O) groups is 2. The highest BCUT2D eigenvalue weighted by molar-refractivity contribution is 5.96. The fourth-order valence-corrected chi connectivity index (χ4v) is 2.49. The third-order valence-corrected chi connectivity index (χ3v) is 3.85. The summed E-state index contributed by atoms with van der Waals surface area (Å²) >= 11 is 0. The highest BCUT2D eigenvalue weighted by Gasteiger charge is 2.09. The van der Waals surface area contributed by atoms with E-state index in [2.05, 4.69) is 10.6 Å². The summed E-state index contributed by atoms with van der Waals surface area (Å²) in [5, 5.41) is 5.36. The summed E-state index contributed by atoms with van der Waals surface area (Å²) in [4.78, 5) is 24.1. The van der Waals surface area contributed by atoms with E-state index < -0.39 is 0 Å². The molecule has 28 heavy (non-hydrogen) atoms. The van der Waals surface area contributed by atoms with Crippen molar-refractivity contribution in [2.45, 2.75) is 20.4 Å². The molecule has 2 amide bonds. The van der Waals surface area contributed by atoms with Crippen LogP contribution in [-0.4, -0.2) is 38.7 Å². The van der Waals surface area contributed by atoms with Gasteiger partial charge in [0.25, 0.3) is 5.91 Å². The zero-order chi connectivity index (χ0) is 20.4. The van der Waals surface area contributed by atoms with Crippen molar-refractivity contribution >= 4 is 11.8 Å². The van der Waals surface area contributed by atoms with Crippen LogP contribution in [0.15, 0.2) is 42.5 Å². The van der Waals surface area contributed by atoms with Crippen molar-refractivity contribution in [2.24, 2.45) is 0 Å². The van der Waals surface area contributed by atoms with Gasteiger partial charge in [0.2, 0.25) is 5.91 Å². The maximum atomic E-state index is 12.1. The lowest BCUT2D eigenvalue weighted by Crippen LogP contribution is -2.36. The molecule has 0 aliphatic carbocycles. The molecule has 0 saturated heterocycles. The third kappa shape index (κ3) is 6.19. The normalized spacial score (nSPS) is 10.1. The van der Waals surface area contributed by atoms with Crippen molar-refractivity contribution < 1.29 is 23.8 Å². The van der Waals surface area contributed by atoms with E-state index in [1.165, 1.54) is 0 Å². The minimum absolute atomic E-state index is 0.111. The molecular weight excluding hydrogens is 360 g/mol. The van der Waals surface area contributed by atoms with E-state index in [1.807, 2.05) is 26.0 Å². The highest BCUT2D eigenvalue weighted by atomic mass is 16.5. The van der Waals surface area contributed by atoms with Crippen molar-refractivity contribution in [3.8, 4) is 17.2 Å². The molecule has 0 spiro atoms. The van der Waals surface area contributed by atoms with Crippen molar-refractivity contribution in [1.29, 1.82) is 0 Å². The molecule has 0 radical (unpaired) electrons. The molecule has 0 heterocycles. The molecule has 0 aromatic heterocycles. The SMILES string of the molecule is CCOc1ccc(C(=O)NCC(=O)NCc2ccc(OCC)c(OC)c2)cc1. The molecular formula is C21H26N2O5. The first-order chi connectivity index (χ1) is 13.6. The Hall–Kier alpha value is -3.22. The fraction of sp³-hybridized carbons (Fsp3) is 0.333. The van der Waals surface area contributed by atoms with Crippen LogP contribution in [0.2, 0.25) is 0 Å². The topological polar surface area (TPSA) is 85.9 Å². The van der Waals surface area contributed by atoms with Crippen LogP contribution in [0.4, 0.5) is 0 Å². The Labute approximate surface area is 165 Å². The Kier molecular flexibility index (Phi) is 8.14. The molecule has 0 bridgehead atoms. The fourth-order valence-electron chi connectivity index (χ4n) is 2.49. The van der Waals surface area contributed by atoms with Crippen molar-refractivity contribution in [3.05, 3.63) is 53.6 Å². The lowest BCUT2D eigenvalue weighted by Gasteiger charge is -2.12. The maximum absolute atomic E-state index is 12.1. The monoisotopic (exact) mass is 386 g/mol. The summed E-state index contributed by atoms with van der Waals surface area (Å²) in [6, 6.07) is 12.2. The number of amides is 2. The number of hydrogen-bond donors (Lipinski definition) is 2. The Balaban J connectivity index is 1.81. The van der Waals surface area contributed by atoms with Gasteiger partial charge in [-0.05, 0) is 55.8 Å². The highest BCUT2D eigenvalue weighted by Crippen LogP contribution is 2.27. The van der Waals surface area contributed by atoms with E-state index in [0.717, 1.165) is 5.56 Å². The van der Waals surface area contributed by atoms with Gasteiger partial charge in [0.05, 0.1) is 26.9 Å². The molecule has 2 aromatic rings. The second kappa shape index (κ2) is 10.8. The van der Waals surface area contributed by atoms with Gasteiger partial charge in [0.15, 0.2) is 11.5 Å². The van der Waals surface area contributed by atoms with Gasteiger partial charge in [-0.25, -0.2) is 0 Å². The summed E-state index contributed by atoms with van der Waals surface area (Å²) in [6.45, 7) is 5.10. The molecule has 2 N–H and O–H groups in total. The van der Waals surface area contributed by atoms with Gasteiger partial charge in [-0.1, -0.05) is 6.07 Å². The zero-order valence-electron chi connectivity index (χ0n) is 16.4. The number of rotatable bonds is 10. The molecule has 0 unspecified atom stereocenters. The maximum Gasteiger partial charge on any atom is 0.251 e. The molecule has 150 valence electrons. The van der Waals surface area contributed by atoms with Crippen molar-refractivity contribution in [3.63, 3.8) is 0 Å². The van der Waals surface area contributed by atoms with Crippen LogP contribution in [0.5, 0.6) is 17.2 Å². The summed E-state index contributed by atoms with van der Waals surface area (Å²) in [5.41, 5.74) is 1.33. The summed E-state index contributed by atoms with van der Waals surface area (Å²) in [5.74, 6) is 1.36. The standard InChI is InChI=1S/C21H26N2O5/c1-4-27-17-9-7-16(8-10-17)21(25)23-14-20(24)22-13-15-6-11-18(28-5-2)19(12-15)26-3/h6-12H,4-5,13-14H2,1-3H3,(H,22,24)(H,23,25). The van der Waals surface area contributed by atoms with Crippen LogP contribution in [0.25, 0.3) is 0 Å². The minimum Gasteiger partial charge on any atom is -0.494 e. The van der Waals surface area contributed by atoms with E-state index in [-0.39, 0.29) is 18.4 Å². The van der Waals surface area contributed by atoms with Gasteiger partial charge in [-0.2, -0.15) is 0 Å². The van der Waals surface area contributed by atoms with Gasteiger partial charge in [-0.15, -0.1) is 0 Å². The zero-order valence-corrected chi connectivity index (χ0v) is 16.4. The second-order valence-electron chi connectivity index (χ2n) is 5.84. The number of carbonyl (C=O) groups excluding carboxylic acids is 2. The first-order valence-corrected chi connectivity index (χ1v) is 9.14. The minimum atomic E-state index is -0.319. The average Bonchev–Trinajstić information content (AvgIpc) is 2.72. The molecule has 2 aromatic carbocycles. The predicted molar refractivity (Wildman–Crippen MR) is 106 cm³/mol. The van der Waals surface area contributed by atoms with Crippen LogP contribution in [0, 0.1) is 0 Å². The van der Waals surface area contributed by atoms with Crippen LogP contribution in [0.1, 0.15) is 29.8 Å².